The Morgan fingerprint density at radius 2 is 2.00 bits per heavy atom. The minimum absolute atomic E-state index is 0.111. The standard InChI is InChI=1S/C14H20N2O/c1-5-17-13-9-7-6-8-11(13)12(10-15)16-14(2,3)4/h6-9,12,16H,5H2,1-4H3. The molecule has 3 nitrogen and oxygen atoms in total. The van der Waals surface area contributed by atoms with Gasteiger partial charge >= 0.3 is 0 Å². The van der Waals surface area contributed by atoms with Crippen LogP contribution in [0, 0.1) is 11.3 Å². The largest absolute Gasteiger partial charge is 0.493 e. The van der Waals surface area contributed by atoms with Crippen LogP contribution in [0.3, 0.4) is 0 Å². The molecule has 0 radical (unpaired) electrons. The molecular weight excluding hydrogens is 212 g/mol. The second-order valence-corrected chi connectivity index (χ2v) is 4.93. The summed E-state index contributed by atoms with van der Waals surface area (Å²) >= 11 is 0. The molecule has 0 spiro atoms. The van der Waals surface area contributed by atoms with E-state index in [2.05, 4.69) is 11.4 Å². The van der Waals surface area contributed by atoms with Crippen LogP contribution < -0.4 is 10.1 Å². The molecule has 17 heavy (non-hydrogen) atoms. The Morgan fingerprint density at radius 1 is 1.35 bits per heavy atom. The highest BCUT2D eigenvalue weighted by Crippen LogP contribution is 2.26. The number of ether oxygens (including phenoxy) is 1. The smallest absolute Gasteiger partial charge is 0.125 e. The number of hydrogen-bond donors (Lipinski definition) is 1. The van der Waals surface area contributed by atoms with Gasteiger partial charge in [-0.25, -0.2) is 0 Å². The van der Waals surface area contributed by atoms with Crippen molar-refractivity contribution in [3.8, 4) is 11.8 Å². The fraction of sp³-hybridized carbons (Fsp3) is 0.500. The van der Waals surface area contributed by atoms with Crippen molar-refractivity contribution in [3.63, 3.8) is 0 Å². The summed E-state index contributed by atoms with van der Waals surface area (Å²) in [6.45, 7) is 8.67. The number of para-hydroxylation sites is 1. The average molecular weight is 232 g/mol. The van der Waals surface area contributed by atoms with Gasteiger partial charge in [0.2, 0.25) is 0 Å². The van der Waals surface area contributed by atoms with Gasteiger partial charge in [-0.2, -0.15) is 5.26 Å². The molecule has 0 saturated heterocycles. The van der Waals surface area contributed by atoms with Gasteiger partial charge in [0.1, 0.15) is 11.8 Å². The van der Waals surface area contributed by atoms with Crippen molar-refractivity contribution in [3.05, 3.63) is 29.8 Å². The van der Waals surface area contributed by atoms with Crippen LogP contribution in [0.4, 0.5) is 0 Å². The minimum atomic E-state index is -0.349. The monoisotopic (exact) mass is 232 g/mol. The third-order valence-electron chi connectivity index (χ3n) is 2.24. The number of nitrogens with zero attached hydrogens (tertiary/aromatic N) is 1. The summed E-state index contributed by atoms with van der Waals surface area (Å²) in [4.78, 5) is 0. The number of nitriles is 1. The Labute approximate surface area is 103 Å². The van der Waals surface area contributed by atoms with Crippen molar-refractivity contribution >= 4 is 0 Å². The van der Waals surface area contributed by atoms with E-state index in [0.717, 1.165) is 11.3 Å². The van der Waals surface area contributed by atoms with Gasteiger partial charge in [-0.1, -0.05) is 18.2 Å². The van der Waals surface area contributed by atoms with E-state index in [9.17, 15) is 5.26 Å². The van der Waals surface area contributed by atoms with Gasteiger partial charge in [0.05, 0.1) is 12.7 Å². The molecule has 0 aliphatic heterocycles. The molecule has 0 bridgehead atoms. The molecule has 3 heteroatoms. The van der Waals surface area contributed by atoms with Gasteiger partial charge in [0.25, 0.3) is 0 Å². The first-order valence-electron chi connectivity index (χ1n) is 5.87. The predicted molar refractivity (Wildman–Crippen MR) is 68.9 cm³/mol. The van der Waals surface area contributed by atoms with Gasteiger partial charge in [-0.15, -0.1) is 0 Å². The van der Waals surface area contributed by atoms with Gasteiger partial charge in [0, 0.05) is 11.1 Å². The zero-order valence-electron chi connectivity index (χ0n) is 10.9. The summed E-state index contributed by atoms with van der Waals surface area (Å²) < 4.78 is 5.54. The highest BCUT2D eigenvalue weighted by molar-refractivity contribution is 5.38. The van der Waals surface area contributed by atoms with E-state index in [0.29, 0.717) is 6.61 Å². The molecule has 0 heterocycles. The third kappa shape index (κ3) is 4.08. The summed E-state index contributed by atoms with van der Waals surface area (Å²) in [6, 6.07) is 9.60. The second-order valence-electron chi connectivity index (χ2n) is 4.93. The van der Waals surface area contributed by atoms with E-state index in [1.165, 1.54) is 0 Å². The molecule has 0 amide bonds. The third-order valence-corrected chi connectivity index (χ3v) is 2.24. The summed E-state index contributed by atoms with van der Waals surface area (Å²) in [5, 5.41) is 12.5. The first-order valence-corrected chi connectivity index (χ1v) is 5.87. The maximum atomic E-state index is 9.27. The van der Waals surface area contributed by atoms with Crippen LogP contribution in [-0.2, 0) is 0 Å². The number of benzene rings is 1. The number of rotatable bonds is 4. The Balaban J connectivity index is 3.00. The van der Waals surface area contributed by atoms with E-state index < -0.39 is 0 Å². The summed E-state index contributed by atoms with van der Waals surface area (Å²) in [5.74, 6) is 0.776. The minimum Gasteiger partial charge on any atom is -0.493 e. The average Bonchev–Trinajstić information content (AvgIpc) is 2.26. The highest BCUT2D eigenvalue weighted by atomic mass is 16.5. The van der Waals surface area contributed by atoms with Crippen molar-refractivity contribution < 1.29 is 4.74 Å². The van der Waals surface area contributed by atoms with Gasteiger partial charge < -0.3 is 4.74 Å². The van der Waals surface area contributed by atoms with Crippen molar-refractivity contribution in [1.29, 1.82) is 5.26 Å². The first kappa shape index (κ1) is 13.5. The molecule has 1 atom stereocenters. The van der Waals surface area contributed by atoms with Crippen molar-refractivity contribution in [2.24, 2.45) is 0 Å². The van der Waals surface area contributed by atoms with Gasteiger partial charge in [-0.05, 0) is 33.8 Å². The molecule has 1 aromatic carbocycles. The molecule has 1 unspecified atom stereocenters. The zero-order chi connectivity index (χ0) is 12.9. The predicted octanol–water partition coefficient (Wildman–Crippen LogP) is 3.04. The molecule has 0 aliphatic rings. The van der Waals surface area contributed by atoms with Crippen molar-refractivity contribution in [2.45, 2.75) is 39.3 Å². The first-order chi connectivity index (χ1) is 7.98. The van der Waals surface area contributed by atoms with Crippen LogP contribution in [0.5, 0.6) is 5.75 Å². The molecule has 0 aromatic heterocycles. The van der Waals surface area contributed by atoms with E-state index in [1.54, 1.807) is 0 Å². The second kappa shape index (κ2) is 5.70. The fourth-order valence-electron chi connectivity index (χ4n) is 1.62. The normalized spacial score (nSPS) is 12.9. The van der Waals surface area contributed by atoms with E-state index >= 15 is 0 Å². The maximum Gasteiger partial charge on any atom is 0.125 e. The summed E-state index contributed by atoms with van der Waals surface area (Å²) in [5.41, 5.74) is 0.784. The van der Waals surface area contributed by atoms with E-state index in [4.69, 9.17) is 4.74 Å². The Hall–Kier alpha value is -1.53. The lowest BCUT2D eigenvalue weighted by Crippen LogP contribution is -2.38. The van der Waals surface area contributed by atoms with Crippen LogP contribution >= 0.6 is 0 Å². The lowest BCUT2D eigenvalue weighted by molar-refractivity contribution is 0.328. The number of hydrogen-bond acceptors (Lipinski definition) is 3. The Bertz CT molecular complexity index is 401. The topological polar surface area (TPSA) is 45.0 Å². The van der Waals surface area contributed by atoms with Gasteiger partial charge in [0.15, 0.2) is 0 Å². The van der Waals surface area contributed by atoms with E-state index in [-0.39, 0.29) is 11.6 Å². The molecular formula is C14H20N2O. The summed E-state index contributed by atoms with van der Waals surface area (Å²) in [7, 11) is 0. The van der Waals surface area contributed by atoms with Crippen molar-refractivity contribution in [1.82, 2.24) is 5.32 Å². The maximum absolute atomic E-state index is 9.27. The molecule has 92 valence electrons. The van der Waals surface area contributed by atoms with E-state index in [1.807, 2.05) is 52.0 Å². The van der Waals surface area contributed by atoms with Crippen LogP contribution in [0.25, 0.3) is 0 Å². The fourth-order valence-corrected chi connectivity index (χ4v) is 1.62. The lowest BCUT2D eigenvalue weighted by atomic mass is 10.0. The summed E-state index contributed by atoms with van der Waals surface area (Å²) in [6.07, 6.45) is 0. The molecule has 1 aromatic rings. The lowest BCUT2D eigenvalue weighted by Gasteiger charge is -2.25. The highest BCUT2D eigenvalue weighted by Gasteiger charge is 2.20. The quantitative estimate of drug-likeness (QED) is 0.867. The van der Waals surface area contributed by atoms with Gasteiger partial charge in [-0.3, -0.25) is 5.32 Å². The SMILES string of the molecule is CCOc1ccccc1C(C#N)NC(C)(C)C. The molecule has 1 N–H and O–H groups in total. The molecule has 1 rings (SSSR count). The van der Waals surface area contributed by atoms with Crippen LogP contribution in [0.2, 0.25) is 0 Å². The molecule has 0 aliphatic carbocycles. The van der Waals surface area contributed by atoms with Crippen LogP contribution in [0.15, 0.2) is 24.3 Å². The Kier molecular flexibility index (Phi) is 4.53. The molecule has 0 saturated carbocycles. The Morgan fingerprint density at radius 3 is 2.53 bits per heavy atom. The number of nitrogens with one attached hydrogen (secondary N) is 1. The zero-order valence-corrected chi connectivity index (χ0v) is 10.9. The molecule has 0 fully saturated rings. The van der Waals surface area contributed by atoms with Crippen LogP contribution in [-0.4, -0.2) is 12.1 Å². The van der Waals surface area contributed by atoms with Crippen molar-refractivity contribution in [2.75, 3.05) is 6.61 Å². The van der Waals surface area contributed by atoms with Crippen LogP contribution in [0.1, 0.15) is 39.3 Å².